The fourth-order valence-corrected chi connectivity index (χ4v) is 3.01. The summed E-state index contributed by atoms with van der Waals surface area (Å²) in [6.45, 7) is 1.82. The normalized spacial score (nSPS) is 11.1. The molecule has 3 rings (SSSR count). The third kappa shape index (κ3) is 2.39. The van der Waals surface area contributed by atoms with Gasteiger partial charge in [0.05, 0.1) is 16.4 Å². The summed E-state index contributed by atoms with van der Waals surface area (Å²) < 4.78 is 0. The van der Waals surface area contributed by atoms with Crippen LogP contribution in [0.1, 0.15) is 5.69 Å². The van der Waals surface area contributed by atoms with Crippen LogP contribution in [0.4, 0.5) is 5.69 Å². The summed E-state index contributed by atoms with van der Waals surface area (Å²) in [4.78, 5) is 11.5. The summed E-state index contributed by atoms with van der Waals surface area (Å²) in [5.74, 6) is 0. The number of aryl methyl sites for hydroxylation is 1. The molecule has 1 aromatic carbocycles. The summed E-state index contributed by atoms with van der Waals surface area (Å²) in [5.41, 5.74) is 8.32. The Morgan fingerprint density at radius 2 is 2.05 bits per heavy atom. The smallest absolute Gasteiger partial charge is 0.223 e. The Kier molecular flexibility index (Phi) is 3.08. The highest BCUT2D eigenvalue weighted by molar-refractivity contribution is 7.99. The standard InChI is InChI=1S/C13H11ClN4S/c1-7-11(15)12(18-13(14)16-7)19-10-6-8-4-2-3-5-9(8)17-10/h2-6,17H,15H2,1H3. The molecule has 0 unspecified atom stereocenters. The fourth-order valence-electron chi connectivity index (χ4n) is 1.81. The average molecular weight is 291 g/mol. The number of hydrogen-bond acceptors (Lipinski definition) is 4. The first-order chi connectivity index (χ1) is 9.13. The molecule has 19 heavy (non-hydrogen) atoms. The van der Waals surface area contributed by atoms with E-state index in [9.17, 15) is 0 Å². The third-order valence-electron chi connectivity index (χ3n) is 2.79. The highest BCUT2D eigenvalue weighted by atomic mass is 35.5. The van der Waals surface area contributed by atoms with Gasteiger partial charge in [0.25, 0.3) is 0 Å². The van der Waals surface area contributed by atoms with E-state index in [0.29, 0.717) is 16.4 Å². The van der Waals surface area contributed by atoms with Crippen LogP contribution in [0.5, 0.6) is 0 Å². The van der Waals surface area contributed by atoms with E-state index in [2.05, 4.69) is 27.1 Å². The van der Waals surface area contributed by atoms with Gasteiger partial charge in [0.15, 0.2) is 0 Å². The molecule has 2 heterocycles. The second-order valence-corrected chi connectivity index (χ2v) is 5.49. The van der Waals surface area contributed by atoms with Gasteiger partial charge < -0.3 is 10.7 Å². The van der Waals surface area contributed by atoms with E-state index in [0.717, 1.165) is 15.9 Å². The number of anilines is 1. The molecule has 6 heteroatoms. The van der Waals surface area contributed by atoms with Gasteiger partial charge in [0.2, 0.25) is 5.28 Å². The number of nitrogens with one attached hydrogen (secondary N) is 1. The highest BCUT2D eigenvalue weighted by Crippen LogP contribution is 2.33. The Morgan fingerprint density at radius 1 is 1.26 bits per heavy atom. The molecule has 0 fully saturated rings. The van der Waals surface area contributed by atoms with Crippen molar-refractivity contribution in [3.63, 3.8) is 0 Å². The van der Waals surface area contributed by atoms with Crippen LogP contribution in [0.2, 0.25) is 5.28 Å². The molecule has 0 saturated carbocycles. The predicted octanol–water partition coefficient (Wildman–Crippen LogP) is 3.65. The molecule has 0 aliphatic carbocycles. The Labute approximate surface area is 119 Å². The molecule has 0 saturated heterocycles. The number of nitrogen functional groups attached to an aromatic ring is 1. The van der Waals surface area contributed by atoms with Crippen molar-refractivity contribution >= 4 is 40.0 Å². The van der Waals surface area contributed by atoms with Crippen molar-refractivity contribution in [1.29, 1.82) is 0 Å². The van der Waals surface area contributed by atoms with Crippen LogP contribution < -0.4 is 5.73 Å². The van der Waals surface area contributed by atoms with E-state index in [4.69, 9.17) is 17.3 Å². The lowest BCUT2D eigenvalue weighted by Crippen LogP contribution is -1.99. The molecule has 0 amide bonds. The number of nitrogens with two attached hydrogens (primary N) is 1. The largest absolute Gasteiger partial charge is 0.395 e. The maximum atomic E-state index is 5.98. The van der Waals surface area contributed by atoms with Crippen molar-refractivity contribution in [2.75, 3.05) is 5.73 Å². The van der Waals surface area contributed by atoms with Crippen molar-refractivity contribution in [1.82, 2.24) is 15.0 Å². The summed E-state index contributed by atoms with van der Waals surface area (Å²) in [6, 6.07) is 10.1. The molecule has 0 aliphatic heterocycles. The topological polar surface area (TPSA) is 67.6 Å². The monoisotopic (exact) mass is 290 g/mol. The molecule has 0 atom stereocenters. The van der Waals surface area contributed by atoms with Crippen LogP contribution in [0.25, 0.3) is 10.9 Å². The van der Waals surface area contributed by atoms with E-state index in [1.54, 1.807) is 0 Å². The number of aromatic nitrogens is 3. The molecular formula is C13H11ClN4S. The molecule has 0 bridgehead atoms. The average Bonchev–Trinajstić information content (AvgIpc) is 2.77. The lowest BCUT2D eigenvalue weighted by molar-refractivity contribution is 1.01. The van der Waals surface area contributed by atoms with Gasteiger partial charge in [-0.1, -0.05) is 18.2 Å². The summed E-state index contributed by atoms with van der Waals surface area (Å²) in [6.07, 6.45) is 0. The number of nitrogens with zero attached hydrogens (tertiary/aromatic N) is 2. The second kappa shape index (κ2) is 4.75. The maximum Gasteiger partial charge on any atom is 0.223 e. The lowest BCUT2D eigenvalue weighted by atomic mass is 10.3. The van der Waals surface area contributed by atoms with Crippen molar-refractivity contribution in [3.05, 3.63) is 41.3 Å². The zero-order chi connectivity index (χ0) is 13.4. The molecule has 3 aromatic rings. The SMILES string of the molecule is Cc1nc(Cl)nc(Sc2cc3ccccc3[nH]2)c1N. The first-order valence-electron chi connectivity index (χ1n) is 5.69. The molecule has 2 aromatic heterocycles. The van der Waals surface area contributed by atoms with Crippen LogP contribution in [0, 0.1) is 6.92 Å². The number of para-hydroxylation sites is 1. The molecule has 0 aliphatic rings. The van der Waals surface area contributed by atoms with Crippen LogP contribution in [0.15, 0.2) is 40.4 Å². The van der Waals surface area contributed by atoms with Gasteiger partial charge in [-0.2, -0.15) is 0 Å². The van der Waals surface area contributed by atoms with Gasteiger partial charge in [0, 0.05) is 10.9 Å². The molecule has 3 N–H and O–H groups in total. The van der Waals surface area contributed by atoms with Crippen LogP contribution >= 0.6 is 23.4 Å². The van der Waals surface area contributed by atoms with Crippen molar-refractivity contribution < 1.29 is 0 Å². The molecule has 0 radical (unpaired) electrons. The number of rotatable bonds is 2. The minimum atomic E-state index is 0.213. The van der Waals surface area contributed by atoms with Crippen LogP contribution in [0.3, 0.4) is 0 Å². The van der Waals surface area contributed by atoms with E-state index in [1.165, 1.54) is 11.8 Å². The minimum absolute atomic E-state index is 0.213. The zero-order valence-corrected chi connectivity index (χ0v) is 11.7. The maximum absolute atomic E-state index is 5.98. The molecule has 4 nitrogen and oxygen atoms in total. The number of halogens is 1. The van der Waals surface area contributed by atoms with E-state index < -0.39 is 0 Å². The lowest BCUT2D eigenvalue weighted by Gasteiger charge is -2.05. The fraction of sp³-hybridized carbons (Fsp3) is 0.0769. The Morgan fingerprint density at radius 3 is 2.84 bits per heavy atom. The summed E-state index contributed by atoms with van der Waals surface area (Å²) in [7, 11) is 0. The predicted molar refractivity (Wildman–Crippen MR) is 78.6 cm³/mol. The van der Waals surface area contributed by atoms with Gasteiger partial charge in [0.1, 0.15) is 5.03 Å². The number of hydrogen-bond donors (Lipinski definition) is 2. The molecule has 96 valence electrons. The van der Waals surface area contributed by atoms with Gasteiger partial charge in [-0.05, 0) is 42.4 Å². The van der Waals surface area contributed by atoms with E-state index in [1.807, 2.05) is 25.1 Å². The Hall–Kier alpha value is -1.72. The third-order valence-corrected chi connectivity index (χ3v) is 3.90. The number of aromatic amines is 1. The Balaban J connectivity index is 2.01. The number of benzene rings is 1. The van der Waals surface area contributed by atoms with Crippen LogP contribution in [-0.4, -0.2) is 15.0 Å². The van der Waals surface area contributed by atoms with Gasteiger partial charge in [-0.25, -0.2) is 9.97 Å². The van der Waals surface area contributed by atoms with Gasteiger partial charge >= 0.3 is 0 Å². The molecule has 0 spiro atoms. The van der Waals surface area contributed by atoms with E-state index in [-0.39, 0.29) is 5.28 Å². The Bertz CT molecular complexity index is 720. The van der Waals surface area contributed by atoms with Gasteiger partial charge in [-0.3, -0.25) is 0 Å². The number of H-pyrrole nitrogens is 1. The van der Waals surface area contributed by atoms with Crippen molar-refractivity contribution in [3.8, 4) is 0 Å². The summed E-state index contributed by atoms with van der Waals surface area (Å²) in [5, 5.41) is 3.01. The minimum Gasteiger partial charge on any atom is -0.395 e. The first kappa shape index (κ1) is 12.3. The van der Waals surface area contributed by atoms with E-state index >= 15 is 0 Å². The zero-order valence-electron chi connectivity index (χ0n) is 10.1. The number of fused-ring (bicyclic) bond motifs is 1. The quantitative estimate of drug-likeness (QED) is 0.558. The highest BCUT2D eigenvalue weighted by Gasteiger charge is 2.11. The summed E-state index contributed by atoms with van der Waals surface area (Å²) >= 11 is 7.32. The van der Waals surface area contributed by atoms with Crippen LogP contribution in [-0.2, 0) is 0 Å². The van der Waals surface area contributed by atoms with Crippen molar-refractivity contribution in [2.24, 2.45) is 0 Å². The molecular weight excluding hydrogens is 280 g/mol. The van der Waals surface area contributed by atoms with Gasteiger partial charge in [-0.15, -0.1) is 0 Å². The second-order valence-electron chi connectivity index (χ2n) is 4.12. The van der Waals surface area contributed by atoms with Crippen molar-refractivity contribution in [2.45, 2.75) is 17.0 Å². The first-order valence-corrected chi connectivity index (χ1v) is 6.88.